The van der Waals surface area contributed by atoms with Gasteiger partial charge in [-0.25, -0.2) is 4.98 Å². The zero-order valence-corrected chi connectivity index (χ0v) is 10.3. The van der Waals surface area contributed by atoms with Crippen molar-refractivity contribution in [1.82, 2.24) is 4.98 Å². The lowest BCUT2D eigenvalue weighted by atomic mass is 10.1. The van der Waals surface area contributed by atoms with Crippen LogP contribution in [0.4, 0.5) is 0 Å². The molecule has 4 heteroatoms. The van der Waals surface area contributed by atoms with E-state index in [-0.39, 0.29) is 10.8 Å². The maximum atomic E-state index is 9.82. The summed E-state index contributed by atoms with van der Waals surface area (Å²) in [5, 5.41) is 11.3. The van der Waals surface area contributed by atoms with Gasteiger partial charge in [0, 0.05) is 11.1 Å². The van der Waals surface area contributed by atoms with Crippen LogP contribution in [0.15, 0.2) is 18.2 Å². The summed E-state index contributed by atoms with van der Waals surface area (Å²) in [4.78, 5) is 4.37. The van der Waals surface area contributed by atoms with E-state index in [0.29, 0.717) is 10.5 Å². The van der Waals surface area contributed by atoms with Gasteiger partial charge in [0.25, 0.3) is 0 Å². The predicted molar refractivity (Wildman–Crippen MR) is 67.4 cm³/mol. The number of aromatic nitrogens is 1. The lowest BCUT2D eigenvalue weighted by Gasteiger charge is -2.06. The van der Waals surface area contributed by atoms with Crippen molar-refractivity contribution < 1.29 is 5.11 Å². The number of hydrogen-bond donors (Lipinski definition) is 1. The molecule has 0 saturated heterocycles. The first-order valence-corrected chi connectivity index (χ1v) is 5.85. The fourth-order valence-electron chi connectivity index (χ4n) is 1.64. The molecule has 0 atom stereocenters. The van der Waals surface area contributed by atoms with Gasteiger partial charge in [-0.1, -0.05) is 36.5 Å². The Morgan fingerprint density at radius 1 is 1.25 bits per heavy atom. The van der Waals surface area contributed by atoms with Gasteiger partial charge in [0.2, 0.25) is 0 Å². The monoisotopic (exact) mass is 255 g/mol. The lowest BCUT2D eigenvalue weighted by molar-refractivity contribution is 0.480. The standard InChI is InChI=1S/C12H11Cl2NO/c1-2-3-7-4-5-8-9(13)6-10(14)12(16)11(8)15-7/h4-6,16H,2-3H2,1H3. The number of halogens is 2. The van der Waals surface area contributed by atoms with Crippen LogP contribution in [0.1, 0.15) is 19.0 Å². The van der Waals surface area contributed by atoms with Gasteiger partial charge in [-0.2, -0.15) is 0 Å². The molecule has 1 aromatic carbocycles. The Hall–Kier alpha value is -0.990. The van der Waals surface area contributed by atoms with Crippen molar-refractivity contribution in [2.45, 2.75) is 19.8 Å². The number of rotatable bonds is 2. The second-order valence-corrected chi connectivity index (χ2v) is 4.45. The third kappa shape index (κ3) is 1.95. The number of aryl methyl sites for hydroxylation is 1. The van der Waals surface area contributed by atoms with Crippen molar-refractivity contribution in [3.8, 4) is 5.75 Å². The number of pyridine rings is 1. The van der Waals surface area contributed by atoms with E-state index in [2.05, 4.69) is 11.9 Å². The average molecular weight is 256 g/mol. The molecule has 0 aliphatic rings. The van der Waals surface area contributed by atoms with E-state index in [1.165, 1.54) is 6.07 Å². The zero-order valence-electron chi connectivity index (χ0n) is 8.80. The van der Waals surface area contributed by atoms with E-state index in [9.17, 15) is 5.11 Å². The van der Waals surface area contributed by atoms with Crippen molar-refractivity contribution in [2.24, 2.45) is 0 Å². The van der Waals surface area contributed by atoms with Crippen LogP contribution in [0.2, 0.25) is 10.0 Å². The van der Waals surface area contributed by atoms with E-state index in [4.69, 9.17) is 23.2 Å². The Morgan fingerprint density at radius 3 is 2.69 bits per heavy atom. The van der Waals surface area contributed by atoms with Crippen LogP contribution in [-0.2, 0) is 6.42 Å². The molecule has 0 amide bonds. The first kappa shape index (κ1) is 11.5. The average Bonchev–Trinajstić information content (AvgIpc) is 2.26. The van der Waals surface area contributed by atoms with Crippen molar-refractivity contribution >= 4 is 34.1 Å². The lowest BCUT2D eigenvalue weighted by Crippen LogP contribution is -1.90. The fourth-order valence-corrected chi connectivity index (χ4v) is 2.15. The smallest absolute Gasteiger partial charge is 0.160 e. The van der Waals surface area contributed by atoms with Crippen LogP contribution in [0.3, 0.4) is 0 Å². The van der Waals surface area contributed by atoms with E-state index in [1.807, 2.05) is 12.1 Å². The molecule has 2 rings (SSSR count). The van der Waals surface area contributed by atoms with Crippen LogP contribution in [0.5, 0.6) is 5.75 Å². The molecule has 0 bridgehead atoms. The van der Waals surface area contributed by atoms with Gasteiger partial charge < -0.3 is 5.11 Å². The van der Waals surface area contributed by atoms with Crippen LogP contribution in [-0.4, -0.2) is 10.1 Å². The maximum absolute atomic E-state index is 9.82. The molecule has 0 radical (unpaired) electrons. The van der Waals surface area contributed by atoms with Gasteiger partial charge in [-0.05, 0) is 24.6 Å². The quantitative estimate of drug-likeness (QED) is 0.873. The Labute approximate surface area is 104 Å². The summed E-state index contributed by atoms with van der Waals surface area (Å²) in [6.07, 6.45) is 1.88. The van der Waals surface area contributed by atoms with Crippen LogP contribution in [0, 0.1) is 0 Å². The Morgan fingerprint density at radius 2 is 2.00 bits per heavy atom. The van der Waals surface area contributed by atoms with Gasteiger partial charge >= 0.3 is 0 Å². The second-order valence-electron chi connectivity index (χ2n) is 3.64. The largest absolute Gasteiger partial charge is 0.504 e. The highest BCUT2D eigenvalue weighted by Gasteiger charge is 2.10. The molecule has 0 fully saturated rings. The summed E-state index contributed by atoms with van der Waals surface area (Å²) < 4.78 is 0. The Balaban J connectivity index is 2.71. The molecule has 0 unspecified atom stereocenters. The predicted octanol–water partition coefficient (Wildman–Crippen LogP) is 4.20. The van der Waals surface area contributed by atoms with Crippen LogP contribution in [0.25, 0.3) is 10.9 Å². The van der Waals surface area contributed by atoms with E-state index >= 15 is 0 Å². The van der Waals surface area contributed by atoms with E-state index in [0.717, 1.165) is 23.9 Å². The minimum atomic E-state index is -0.000908. The number of phenolic OH excluding ortho intramolecular Hbond substituents is 1. The molecule has 1 N–H and O–H groups in total. The number of fused-ring (bicyclic) bond motifs is 1. The van der Waals surface area contributed by atoms with Crippen molar-refractivity contribution in [3.05, 3.63) is 33.9 Å². The van der Waals surface area contributed by atoms with Crippen molar-refractivity contribution in [1.29, 1.82) is 0 Å². The van der Waals surface area contributed by atoms with Gasteiger partial charge in [-0.3, -0.25) is 0 Å². The van der Waals surface area contributed by atoms with Gasteiger partial charge in [0.05, 0.1) is 10.0 Å². The maximum Gasteiger partial charge on any atom is 0.160 e. The fraction of sp³-hybridized carbons (Fsp3) is 0.250. The van der Waals surface area contributed by atoms with Crippen LogP contribution >= 0.6 is 23.2 Å². The number of hydrogen-bond acceptors (Lipinski definition) is 2. The molecule has 1 heterocycles. The molecule has 1 aromatic heterocycles. The summed E-state index contributed by atoms with van der Waals surface area (Å²) in [7, 11) is 0. The van der Waals surface area contributed by atoms with Crippen LogP contribution < -0.4 is 0 Å². The number of nitrogens with zero attached hydrogens (tertiary/aromatic N) is 1. The van der Waals surface area contributed by atoms with E-state index < -0.39 is 0 Å². The molecular weight excluding hydrogens is 245 g/mol. The molecule has 0 saturated carbocycles. The molecule has 0 aliphatic heterocycles. The number of benzene rings is 1. The summed E-state index contributed by atoms with van der Waals surface area (Å²) in [5.74, 6) is -0.000908. The summed E-state index contributed by atoms with van der Waals surface area (Å²) in [6, 6.07) is 5.32. The van der Waals surface area contributed by atoms with Crippen molar-refractivity contribution in [3.63, 3.8) is 0 Å². The minimum absolute atomic E-state index is 0.000908. The number of phenols is 1. The van der Waals surface area contributed by atoms with Gasteiger partial charge in [0.15, 0.2) is 5.75 Å². The van der Waals surface area contributed by atoms with Crippen molar-refractivity contribution in [2.75, 3.05) is 0 Å². The minimum Gasteiger partial charge on any atom is -0.504 e. The third-order valence-corrected chi connectivity index (χ3v) is 3.02. The first-order chi connectivity index (χ1) is 7.63. The molecule has 2 aromatic rings. The molecule has 0 spiro atoms. The highest BCUT2D eigenvalue weighted by atomic mass is 35.5. The Bertz CT molecular complexity index is 540. The topological polar surface area (TPSA) is 33.1 Å². The molecule has 2 nitrogen and oxygen atoms in total. The highest BCUT2D eigenvalue weighted by Crippen LogP contribution is 2.36. The zero-order chi connectivity index (χ0) is 11.7. The van der Waals surface area contributed by atoms with E-state index in [1.54, 1.807) is 0 Å². The molecule has 0 aliphatic carbocycles. The second kappa shape index (κ2) is 4.48. The number of aromatic hydroxyl groups is 1. The molecular formula is C12H11Cl2NO. The first-order valence-electron chi connectivity index (χ1n) is 5.10. The third-order valence-electron chi connectivity index (χ3n) is 2.42. The van der Waals surface area contributed by atoms with Gasteiger partial charge in [-0.15, -0.1) is 0 Å². The summed E-state index contributed by atoms with van der Waals surface area (Å²) in [6.45, 7) is 2.08. The highest BCUT2D eigenvalue weighted by molar-refractivity contribution is 6.39. The molecule has 84 valence electrons. The Kier molecular flexibility index (Phi) is 3.22. The van der Waals surface area contributed by atoms with Gasteiger partial charge in [0.1, 0.15) is 5.52 Å². The summed E-state index contributed by atoms with van der Waals surface area (Å²) >= 11 is 11.9. The molecule has 16 heavy (non-hydrogen) atoms. The summed E-state index contributed by atoms with van der Waals surface area (Å²) in [5.41, 5.74) is 1.41. The normalized spacial score (nSPS) is 10.9. The SMILES string of the molecule is CCCc1ccc2c(Cl)cc(Cl)c(O)c2n1.